The summed E-state index contributed by atoms with van der Waals surface area (Å²) in [4.78, 5) is 12.4. The third-order valence-corrected chi connectivity index (χ3v) is 5.08. The van der Waals surface area contributed by atoms with Crippen molar-refractivity contribution in [3.05, 3.63) is 27.7 Å². The van der Waals surface area contributed by atoms with E-state index in [9.17, 15) is 4.79 Å². The lowest BCUT2D eigenvalue weighted by atomic mass is 9.74. The second-order valence-corrected chi connectivity index (χ2v) is 6.99. The Bertz CT molecular complexity index is 569. The zero-order chi connectivity index (χ0) is 15.0. The van der Waals surface area contributed by atoms with E-state index in [4.69, 9.17) is 15.2 Å². The fourth-order valence-electron chi connectivity index (χ4n) is 3.13. The van der Waals surface area contributed by atoms with Crippen molar-refractivity contribution in [1.29, 1.82) is 0 Å². The lowest BCUT2D eigenvalue weighted by molar-refractivity contribution is -0.159. The summed E-state index contributed by atoms with van der Waals surface area (Å²) < 4.78 is 12.4. The molecular formula is C16H20BrNO3. The van der Waals surface area contributed by atoms with E-state index in [0.29, 0.717) is 17.9 Å². The molecule has 2 aliphatic rings. The van der Waals surface area contributed by atoms with E-state index < -0.39 is 0 Å². The second kappa shape index (κ2) is 5.61. The molecule has 114 valence electrons. The molecule has 1 atom stereocenters. The molecule has 0 aromatic heterocycles. The Kier molecular flexibility index (Phi) is 3.97. The molecule has 1 aromatic rings. The summed E-state index contributed by atoms with van der Waals surface area (Å²) in [7, 11) is 0. The van der Waals surface area contributed by atoms with Crippen LogP contribution in [0.15, 0.2) is 16.6 Å². The van der Waals surface area contributed by atoms with Crippen LogP contribution in [0, 0.1) is 6.92 Å². The zero-order valence-corrected chi connectivity index (χ0v) is 13.7. The topological polar surface area (TPSA) is 61.6 Å². The van der Waals surface area contributed by atoms with E-state index in [0.717, 1.165) is 35.7 Å². The number of ether oxygens (including phenoxy) is 2. The molecule has 0 radical (unpaired) electrons. The minimum atomic E-state index is -0.290. The highest BCUT2D eigenvalue weighted by Gasteiger charge is 2.43. The molecule has 1 aliphatic carbocycles. The highest BCUT2D eigenvalue weighted by Crippen LogP contribution is 2.43. The maximum absolute atomic E-state index is 12.4. The van der Waals surface area contributed by atoms with E-state index >= 15 is 0 Å². The Morgan fingerprint density at radius 1 is 1.48 bits per heavy atom. The fourth-order valence-corrected chi connectivity index (χ4v) is 3.61. The average molecular weight is 354 g/mol. The van der Waals surface area contributed by atoms with E-state index in [2.05, 4.69) is 15.9 Å². The van der Waals surface area contributed by atoms with Gasteiger partial charge in [-0.25, -0.2) is 4.79 Å². The Hall–Kier alpha value is -1.07. The SMILES string of the molecule is Cc1c(N)cc(Br)cc1C(=O)OC1CCOC2(CCC2)C1. The molecule has 1 aromatic carbocycles. The highest BCUT2D eigenvalue weighted by atomic mass is 79.9. The summed E-state index contributed by atoms with van der Waals surface area (Å²) >= 11 is 3.37. The third kappa shape index (κ3) is 2.94. The van der Waals surface area contributed by atoms with Crippen molar-refractivity contribution < 1.29 is 14.3 Å². The molecule has 0 bridgehead atoms. The van der Waals surface area contributed by atoms with Crippen LogP contribution in [0.25, 0.3) is 0 Å². The van der Waals surface area contributed by atoms with Crippen molar-refractivity contribution >= 4 is 27.6 Å². The molecule has 1 saturated heterocycles. The molecule has 2 N–H and O–H groups in total. The van der Waals surface area contributed by atoms with E-state index in [1.165, 1.54) is 6.42 Å². The molecule has 1 saturated carbocycles. The number of halogens is 1. The lowest BCUT2D eigenvalue weighted by Gasteiger charge is -2.46. The zero-order valence-electron chi connectivity index (χ0n) is 12.2. The average Bonchev–Trinajstić information content (AvgIpc) is 2.41. The summed E-state index contributed by atoms with van der Waals surface area (Å²) in [6, 6.07) is 3.57. The van der Waals surface area contributed by atoms with Gasteiger partial charge in [0, 0.05) is 23.0 Å². The van der Waals surface area contributed by atoms with Crippen LogP contribution in [-0.4, -0.2) is 24.3 Å². The number of rotatable bonds is 2. The lowest BCUT2D eigenvalue weighted by Crippen LogP contribution is -2.48. The number of carbonyl (C=O) groups excluding carboxylic acids is 1. The van der Waals surface area contributed by atoms with Gasteiger partial charge < -0.3 is 15.2 Å². The van der Waals surface area contributed by atoms with Crippen molar-refractivity contribution in [2.45, 2.75) is 50.7 Å². The van der Waals surface area contributed by atoms with Crippen LogP contribution in [0.4, 0.5) is 5.69 Å². The van der Waals surface area contributed by atoms with Gasteiger partial charge in [0.2, 0.25) is 0 Å². The predicted octanol–water partition coefficient (Wildman–Crippen LogP) is 3.60. The van der Waals surface area contributed by atoms with Gasteiger partial charge in [-0.2, -0.15) is 0 Å². The summed E-state index contributed by atoms with van der Waals surface area (Å²) in [5.41, 5.74) is 7.80. The number of hydrogen-bond donors (Lipinski definition) is 1. The van der Waals surface area contributed by atoms with Crippen LogP contribution < -0.4 is 5.73 Å². The van der Waals surface area contributed by atoms with Crippen molar-refractivity contribution in [3.63, 3.8) is 0 Å². The van der Waals surface area contributed by atoms with Crippen LogP contribution in [-0.2, 0) is 9.47 Å². The monoisotopic (exact) mass is 353 g/mol. The number of nitrogens with two attached hydrogens (primary N) is 1. The molecule has 0 amide bonds. The van der Waals surface area contributed by atoms with Crippen LogP contribution in [0.5, 0.6) is 0 Å². The van der Waals surface area contributed by atoms with Crippen molar-refractivity contribution in [2.75, 3.05) is 12.3 Å². The molecular weight excluding hydrogens is 334 g/mol. The first-order valence-corrected chi connectivity index (χ1v) is 8.19. The maximum atomic E-state index is 12.4. The number of esters is 1. The molecule has 1 heterocycles. The molecule has 1 spiro atoms. The largest absolute Gasteiger partial charge is 0.459 e. The predicted molar refractivity (Wildman–Crippen MR) is 84.3 cm³/mol. The number of nitrogen functional groups attached to an aromatic ring is 1. The van der Waals surface area contributed by atoms with Crippen LogP contribution in [0.3, 0.4) is 0 Å². The summed E-state index contributed by atoms with van der Waals surface area (Å²) in [5, 5.41) is 0. The smallest absolute Gasteiger partial charge is 0.338 e. The Morgan fingerprint density at radius 3 is 2.90 bits per heavy atom. The van der Waals surface area contributed by atoms with Gasteiger partial charge in [0.15, 0.2) is 0 Å². The van der Waals surface area contributed by atoms with Gasteiger partial charge in [0.1, 0.15) is 6.10 Å². The quantitative estimate of drug-likeness (QED) is 0.651. The van der Waals surface area contributed by atoms with Gasteiger partial charge in [-0.05, 0) is 43.9 Å². The fraction of sp³-hybridized carbons (Fsp3) is 0.562. The molecule has 5 heteroatoms. The number of benzene rings is 1. The molecule has 1 unspecified atom stereocenters. The van der Waals surface area contributed by atoms with E-state index in [1.807, 2.05) is 6.92 Å². The van der Waals surface area contributed by atoms with Gasteiger partial charge in [-0.3, -0.25) is 0 Å². The molecule has 4 nitrogen and oxygen atoms in total. The third-order valence-electron chi connectivity index (χ3n) is 4.62. The van der Waals surface area contributed by atoms with Gasteiger partial charge in [0.05, 0.1) is 17.8 Å². The number of carbonyl (C=O) groups is 1. The van der Waals surface area contributed by atoms with Crippen LogP contribution >= 0.6 is 15.9 Å². The van der Waals surface area contributed by atoms with Gasteiger partial charge in [-0.15, -0.1) is 0 Å². The summed E-state index contributed by atoms with van der Waals surface area (Å²) in [6.07, 6.45) is 4.93. The summed E-state index contributed by atoms with van der Waals surface area (Å²) in [6.45, 7) is 2.52. The van der Waals surface area contributed by atoms with Gasteiger partial charge in [0.25, 0.3) is 0 Å². The Balaban J connectivity index is 1.71. The van der Waals surface area contributed by atoms with Crippen molar-refractivity contribution in [2.24, 2.45) is 0 Å². The molecule has 2 fully saturated rings. The first-order chi connectivity index (χ1) is 9.99. The van der Waals surface area contributed by atoms with Gasteiger partial charge >= 0.3 is 5.97 Å². The van der Waals surface area contributed by atoms with E-state index in [-0.39, 0.29) is 17.7 Å². The molecule has 1 aliphatic heterocycles. The second-order valence-electron chi connectivity index (χ2n) is 6.07. The Morgan fingerprint density at radius 2 is 2.24 bits per heavy atom. The first-order valence-electron chi connectivity index (χ1n) is 7.40. The normalized spacial score (nSPS) is 23.6. The molecule has 3 rings (SSSR count). The van der Waals surface area contributed by atoms with E-state index in [1.54, 1.807) is 12.1 Å². The molecule has 21 heavy (non-hydrogen) atoms. The minimum absolute atomic E-state index is 0.0193. The highest BCUT2D eigenvalue weighted by molar-refractivity contribution is 9.10. The van der Waals surface area contributed by atoms with Gasteiger partial charge in [-0.1, -0.05) is 15.9 Å². The Labute approximate surface area is 133 Å². The minimum Gasteiger partial charge on any atom is -0.459 e. The summed E-state index contributed by atoms with van der Waals surface area (Å²) in [5.74, 6) is -0.290. The van der Waals surface area contributed by atoms with Crippen molar-refractivity contribution in [1.82, 2.24) is 0 Å². The first kappa shape index (κ1) is 14.9. The standard InChI is InChI=1S/C16H20BrNO3/c1-10-13(7-11(17)8-14(10)18)15(19)21-12-3-6-20-16(9-12)4-2-5-16/h7-8,12H,2-6,9,18H2,1H3. The van der Waals surface area contributed by atoms with Crippen LogP contribution in [0.1, 0.15) is 48.0 Å². The number of hydrogen-bond acceptors (Lipinski definition) is 4. The van der Waals surface area contributed by atoms with Crippen LogP contribution in [0.2, 0.25) is 0 Å². The maximum Gasteiger partial charge on any atom is 0.338 e. The van der Waals surface area contributed by atoms with Crippen molar-refractivity contribution in [3.8, 4) is 0 Å². The number of anilines is 1.